The topological polar surface area (TPSA) is 37.8 Å². The highest BCUT2D eigenvalue weighted by atomic mass is 35.5. The van der Waals surface area contributed by atoms with Crippen molar-refractivity contribution < 1.29 is 22.0 Å². The van der Waals surface area contributed by atoms with Gasteiger partial charge in [-0.2, -0.15) is 13.2 Å². The van der Waals surface area contributed by atoms with Gasteiger partial charge >= 0.3 is 6.18 Å². The van der Waals surface area contributed by atoms with Crippen LogP contribution in [0.25, 0.3) is 0 Å². The smallest absolute Gasteiger partial charge is 0.340 e. The summed E-state index contributed by atoms with van der Waals surface area (Å²) in [5.41, 5.74) is -1.23. The van der Waals surface area contributed by atoms with E-state index in [0.717, 1.165) is 18.2 Å². The van der Waals surface area contributed by atoms with E-state index in [1.165, 1.54) is 0 Å². The summed E-state index contributed by atoms with van der Waals surface area (Å²) in [4.78, 5) is 6.56. The van der Waals surface area contributed by atoms with Gasteiger partial charge in [0.15, 0.2) is 17.3 Å². The van der Waals surface area contributed by atoms with E-state index in [0.29, 0.717) is 6.07 Å². The molecule has 0 aliphatic heterocycles. The Hall–Kier alpha value is -1.96. The molecular weight excluding hydrogens is 305 g/mol. The number of hydrogen-bond donors (Lipinski definition) is 1. The SMILES string of the molecule is Fc1ccc(Nc2cc(C(F)(F)F)nc(Cl)n2)cc1F. The van der Waals surface area contributed by atoms with Gasteiger partial charge in [-0.1, -0.05) is 0 Å². The molecule has 3 nitrogen and oxygen atoms in total. The van der Waals surface area contributed by atoms with Crippen LogP contribution in [0.1, 0.15) is 5.69 Å². The van der Waals surface area contributed by atoms with E-state index >= 15 is 0 Å². The summed E-state index contributed by atoms with van der Waals surface area (Å²) in [6.07, 6.45) is -4.70. The van der Waals surface area contributed by atoms with Crippen LogP contribution in [0, 0.1) is 11.6 Å². The van der Waals surface area contributed by atoms with Crippen LogP contribution >= 0.6 is 11.6 Å². The number of nitrogens with one attached hydrogen (secondary N) is 1. The van der Waals surface area contributed by atoms with Gasteiger partial charge in [-0.25, -0.2) is 18.7 Å². The lowest BCUT2D eigenvalue weighted by atomic mass is 10.3. The first-order chi connectivity index (χ1) is 9.25. The first kappa shape index (κ1) is 14.4. The Bertz CT molecular complexity index is 644. The lowest BCUT2D eigenvalue weighted by Gasteiger charge is -2.10. The second kappa shape index (κ2) is 5.20. The Morgan fingerprint density at radius 1 is 1.00 bits per heavy atom. The van der Waals surface area contributed by atoms with Crippen LogP contribution in [0.5, 0.6) is 0 Å². The molecule has 0 radical (unpaired) electrons. The molecule has 0 aliphatic carbocycles. The molecule has 106 valence electrons. The Kier molecular flexibility index (Phi) is 3.76. The Labute approximate surface area is 114 Å². The minimum Gasteiger partial charge on any atom is -0.340 e. The zero-order chi connectivity index (χ0) is 14.9. The fourth-order valence-corrected chi connectivity index (χ4v) is 1.53. The molecule has 1 N–H and O–H groups in total. The number of rotatable bonds is 2. The summed E-state index contributed by atoms with van der Waals surface area (Å²) in [6, 6.07) is 3.35. The van der Waals surface area contributed by atoms with E-state index in [1.807, 2.05) is 0 Å². The molecule has 0 spiro atoms. The molecule has 2 rings (SSSR count). The summed E-state index contributed by atoms with van der Waals surface area (Å²) in [6.45, 7) is 0. The minimum absolute atomic E-state index is 0.0202. The Morgan fingerprint density at radius 2 is 1.70 bits per heavy atom. The minimum atomic E-state index is -4.70. The van der Waals surface area contributed by atoms with E-state index in [2.05, 4.69) is 15.3 Å². The number of nitrogens with zero attached hydrogens (tertiary/aromatic N) is 2. The van der Waals surface area contributed by atoms with Crippen LogP contribution in [0.3, 0.4) is 0 Å². The van der Waals surface area contributed by atoms with Crippen molar-refractivity contribution in [1.82, 2.24) is 9.97 Å². The summed E-state index contributed by atoms with van der Waals surface area (Å²) in [5, 5.41) is 1.76. The molecule has 9 heteroatoms. The van der Waals surface area contributed by atoms with Gasteiger partial charge in [0.05, 0.1) is 0 Å². The van der Waals surface area contributed by atoms with E-state index < -0.39 is 28.8 Å². The van der Waals surface area contributed by atoms with Crippen LogP contribution in [-0.4, -0.2) is 9.97 Å². The molecule has 0 saturated carbocycles. The van der Waals surface area contributed by atoms with E-state index in [-0.39, 0.29) is 11.5 Å². The number of halogens is 6. The molecule has 1 aromatic carbocycles. The molecular formula is C11H5ClF5N3. The third kappa shape index (κ3) is 3.32. The molecule has 0 unspecified atom stereocenters. The second-order valence-electron chi connectivity index (χ2n) is 3.66. The largest absolute Gasteiger partial charge is 0.433 e. The monoisotopic (exact) mass is 309 g/mol. The first-order valence-electron chi connectivity index (χ1n) is 5.09. The summed E-state index contributed by atoms with van der Waals surface area (Å²) in [5.74, 6) is -2.51. The molecule has 0 fully saturated rings. The van der Waals surface area contributed by atoms with Gasteiger partial charge in [0.2, 0.25) is 5.28 Å². The lowest BCUT2D eigenvalue weighted by molar-refractivity contribution is -0.141. The predicted molar refractivity (Wildman–Crippen MR) is 61.7 cm³/mol. The Balaban J connectivity index is 2.33. The fourth-order valence-electron chi connectivity index (χ4n) is 1.35. The van der Waals surface area contributed by atoms with Crippen molar-refractivity contribution in [2.24, 2.45) is 0 Å². The summed E-state index contributed by atoms with van der Waals surface area (Å²) in [7, 11) is 0. The second-order valence-corrected chi connectivity index (χ2v) is 4.00. The molecule has 0 saturated heterocycles. The summed E-state index contributed by atoms with van der Waals surface area (Å²) < 4.78 is 63.3. The maximum absolute atomic E-state index is 13.0. The molecule has 0 aliphatic rings. The molecule has 20 heavy (non-hydrogen) atoms. The molecule has 0 bridgehead atoms. The highest BCUT2D eigenvalue weighted by Crippen LogP contribution is 2.30. The molecule has 0 atom stereocenters. The van der Waals surface area contributed by atoms with Crippen LogP contribution in [0.15, 0.2) is 24.3 Å². The van der Waals surface area contributed by atoms with Crippen molar-refractivity contribution >= 4 is 23.1 Å². The van der Waals surface area contributed by atoms with Crippen molar-refractivity contribution in [1.29, 1.82) is 0 Å². The normalized spacial score (nSPS) is 11.5. The molecule has 0 amide bonds. The zero-order valence-electron chi connectivity index (χ0n) is 9.47. The fraction of sp³-hybridized carbons (Fsp3) is 0.0909. The first-order valence-corrected chi connectivity index (χ1v) is 5.47. The number of anilines is 2. The van der Waals surface area contributed by atoms with Crippen LogP contribution in [-0.2, 0) is 6.18 Å². The van der Waals surface area contributed by atoms with Crippen molar-refractivity contribution in [2.45, 2.75) is 6.18 Å². The van der Waals surface area contributed by atoms with Gasteiger partial charge in [0.1, 0.15) is 5.82 Å². The average Bonchev–Trinajstić information content (AvgIpc) is 2.32. The third-order valence-corrected chi connectivity index (χ3v) is 2.35. The standard InChI is InChI=1S/C11H5ClF5N3/c12-10-19-8(11(15,16)17)4-9(20-10)18-5-1-2-6(13)7(14)3-5/h1-4H,(H,18,19,20). The molecule has 1 aromatic heterocycles. The maximum Gasteiger partial charge on any atom is 0.433 e. The van der Waals surface area contributed by atoms with Crippen LogP contribution in [0.2, 0.25) is 5.28 Å². The van der Waals surface area contributed by atoms with Gasteiger partial charge in [0, 0.05) is 17.8 Å². The van der Waals surface area contributed by atoms with E-state index in [1.54, 1.807) is 0 Å². The zero-order valence-corrected chi connectivity index (χ0v) is 10.2. The van der Waals surface area contributed by atoms with Gasteiger partial charge in [-0.05, 0) is 23.7 Å². The van der Waals surface area contributed by atoms with Gasteiger partial charge in [0.25, 0.3) is 0 Å². The van der Waals surface area contributed by atoms with Crippen LogP contribution in [0.4, 0.5) is 33.5 Å². The number of benzene rings is 1. The van der Waals surface area contributed by atoms with Crippen LogP contribution < -0.4 is 5.32 Å². The Morgan fingerprint density at radius 3 is 2.30 bits per heavy atom. The number of aromatic nitrogens is 2. The highest BCUT2D eigenvalue weighted by molar-refractivity contribution is 6.28. The highest BCUT2D eigenvalue weighted by Gasteiger charge is 2.33. The lowest BCUT2D eigenvalue weighted by Crippen LogP contribution is -2.10. The maximum atomic E-state index is 13.0. The number of alkyl halides is 3. The van der Waals surface area contributed by atoms with Gasteiger partial charge in [-0.3, -0.25) is 0 Å². The van der Waals surface area contributed by atoms with Gasteiger partial charge < -0.3 is 5.32 Å². The third-order valence-electron chi connectivity index (χ3n) is 2.18. The molecule has 2 aromatic rings. The summed E-state index contributed by atoms with van der Waals surface area (Å²) >= 11 is 5.38. The van der Waals surface area contributed by atoms with Crippen molar-refractivity contribution in [3.63, 3.8) is 0 Å². The predicted octanol–water partition coefficient (Wildman–Crippen LogP) is 4.17. The van der Waals surface area contributed by atoms with Gasteiger partial charge in [-0.15, -0.1) is 0 Å². The quantitative estimate of drug-likeness (QED) is 0.668. The van der Waals surface area contributed by atoms with Crippen molar-refractivity contribution in [2.75, 3.05) is 5.32 Å². The van der Waals surface area contributed by atoms with Crippen molar-refractivity contribution in [3.8, 4) is 0 Å². The molecule has 1 heterocycles. The van der Waals surface area contributed by atoms with E-state index in [4.69, 9.17) is 11.6 Å². The van der Waals surface area contributed by atoms with Crippen molar-refractivity contribution in [3.05, 3.63) is 46.9 Å². The van der Waals surface area contributed by atoms with E-state index in [9.17, 15) is 22.0 Å². The average molecular weight is 310 g/mol. The number of hydrogen-bond acceptors (Lipinski definition) is 3.